The van der Waals surface area contributed by atoms with Crippen LogP contribution in [0.4, 0.5) is 0 Å². The van der Waals surface area contributed by atoms with Gasteiger partial charge in [0.15, 0.2) is 0 Å². The summed E-state index contributed by atoms with van der Waals surface area (Å²) >= 11 is 2.25. The van der Waals surface area contributed by atoms with Gasteiger partial charge in [0.05, 0.1) is 3.57 Å². The molecule has 3 N–H and O–H groups in total. The zero-order valence-electron chi connectivity index (χ0n) is 10.9. The molecule has 0 bridgehead atoms. The Morgan fingerprint density at radius 2 is 2.00 bits per heavy atom. The first-order valence-electron chi connectivity index (χ1n) is 5.99. The average molecular weight is 345 g/mol. The molecule has 0 fully saturated rings. The van der Waals surface area contributed by atoms with Crippen LogP contribution >= 0.6 is 22.6 Å². The van der Waals surface area contributed by atoms with Gasteiger partial charge in [0.25, 0.3) is 0 Å². The molecule has 2 rings (SSSR count). The van der Waals surface area contributed by atoms with Crippen LogP contribution in [-0.4, -0.2) is 5.11 Å². The lowest BCUT2D eigenvalue weighted by Gasteiger charge is -2.26. The number of phenols is 1. The standard InChI is InChI=1S/C14H20INO/c1-13(2)6-5-8-9(13)7-10(14(3,4)16)12(17)11(8)15/h7,17H,5-6,16H2,1-4H3. The Hall–Kier alpha value is -0.290. The summed E-state index contributed by atoms with van der Waals surface area (Å²) in [6.07, 6.45) is 2.20. The van der Waals surface area contributed by atoms with Crippen molar-refractivity contribution in [2.75, 3.05) is 0 Å². The lowest BCUT2D eigenvalue weighted by molar-refractivity contribution is 0.435. The van der Waals surface area contributed by atoms with Gasteiger partial charge in [-0.05, 0) is 71.9 Å². The molecule has 0 heterocycles. The molecule has 0 amide bonds. The second-order valence-electron chi connectivity index (χ2n) is 6.22. The number of nitrogens with two attached hydrogens (primary N) is 1. The van der Waals surface area contributed by atoms with Gasteiger partial charge in [0.1, 0.15) is 5.75 Å². The predicted octanol–water partition coefficient (Wildman–Crippen LogP) is 3.41. The van der Waals surface area contributed by atoms with Crippen molar-refractivity contribution in [2.45, 2.75) is 51.5 Å². The third-order valence-corrected chi connectivity index (χ3v) is 4.93. The minimum atomic E-state index is -0.502. The van der Waals surface area contributed by atoms with Crippen LogP contribution in [0.1, 0.15) is 50.8 Å². The molecule has 0 radical (unpaired) electrons. The highest BCUT2D eigenvalue weighted by atomic mass is 127. The van der Waals surface area contributed by atoms with Crippen molar-refractivity contribution < 1.29 is 5.11 Å². The number of benzene rings is 1. The third-order valence-electron chi connectivity index (χ3n) is 3.77. The molecule has 1 aromatic carbocycles. The van der Waals surface area contributed by atoms with Crippen molar-refractivity contribution in [1.29, 1.82) is 0 Å². The van der Waals surface area contributed by atoms with E-state index in [1.54, 1.807) is 0 Å². The number of rotatable bonds is 1. The molecule has 94 valence electrons. The van der Waals surface area contributed by atoms with E-state index in [0.29, 0.717) is 5.75 Å². The van der Waals surface area contributed by atoms with Crippen LogP contribution in [0.5, 0.6) is 5.75 Å². The molecular weight excluding hydrogens is 325 g/mol. The van der Waals surface area contributed by atoms with Crippen LogP contribution < -0.4 is 5.73 Å². The molecule has 1 aromatic rings. The maximum Gasteiger partial charge on any atom is 0.134 e. The average Bonchev–Trinajstić information content (AvgIpc) is 2.46. The van der Waals surface area contributed by atoms with Gasteiger partial charge >= 0.3 is 0 Å². The number of phenolic OH excluding ortho intramolecular Hbond substituents is 1. The Balaban J connectivity index is 2.72. The Morgan fingerprint density at radius 3 is 2.53 bits per heavy atom. The van der Waals surface area contributed by atoms with Crippen molar-refractivity contribution in [3.05, 3.63) is 26.3 Å². The highest BCUT2D eigenvalue weighted by molar-refractivity contribution is 14.1. The molecule has 1 aliphatic carbocycles. The van der Waals surface area contributed by atoms with Gasteiger partial charge < -0.3 is 10.8 Å². The van der Waals surface area contributed by atoms with E-state index in [1.165, 1.54) is 11.1 Å². The van der Waals surface area contributed by atoms with Gasteiger partial charge in [-0.3, -0.25) is 0 Å². The smallest absolute Gasteiger partial charge is 0.134 e. The van der Waals surface area contributed by atoms with Crippen molar-refractivity contribution in [2.24, 2.45) is 5.73 Å². The number of fused-ring (bicyclic) bond motifs is 1. The van der Waals surface area contributed by atoms with Gasteiger partial charge in [-0.15, -0.1) is 0 Å². The number of hydrogen-bond donors (Lipinski definition) is 2. The summed E-state index contributed by atoms with van der Waals surface area (Å²) in [5.74, 6) is 0.370. The normalized spacial score (nSPS) is 18.2. The van der Waals surface area contributed by atoms with Gasteiger partial charge in [-0.2, -0.15) is 0 Å². The van der Waals surface area contributed by atoms with E-state index < -0.39 is 5.54 Å². The molecule has 0 spiro atoms. The van der Waals surface area contributed by atoms with Gasteiger partial charge in [-0.1, -0.05) is 13.8 Å². The summed E-state index contributed by atoms with van der Waals surface area (Å²) in [6, 6.07) is 2.11. The first-order valence-corrected chi connectivity index (χ1v) is 7.06. The Kier molecular flexibility index (Phi) is 2.98. The van der Waals surface area contributed by atoms with Crippen LogP contribution in [0.3, 0.4) is 0 Å². The van der Waals surface area contributed by atoms with E-state index in [9.17, 15) is 5.11 Å². The number of aromatic hydroxyl groups is 1. The molecule has 0 aliphatic heterocycles. The molecule has 2 nitrogen and oxygen atoms in total. The zero-order chi connectivity index (χ0) is 13.0. The zero-order valence-corrected chi connectivity index (χ0v) is 13.1. The van der Waals surface area contributed by atoms with E-state index >= 15 is 0 Å². The molecule has 0 unspecified atom stereocenters. The molecule has 0 saturated carbocycles. The van der Waals surface area contributed by atoms with E-state index in [1.807, 2.05) is 13.8 Å². The maximum atomic E-state index is 10.3. The number of halogens is 1. The molecule has 0 atom stereocenters. The van der Waals surface area contributed by atoms with E-state index in [4.69, 9.17) is 5.73 Å². The predicted molar refractivity (Wildman–Crippen MR) is 79.4 cm³/mol. The van der Waals surface area contributed by atoms with Crippen LogP contribution in [0.15, 0.2) is 6.07 Å². The highest BCUT2D eigenvalue weighted by Gasteiger charge is 2.34. The fourth-order valence-corrected chi connectivity index (χ4v) is 3.44. The van der Waals surface area contributed by atoms with Crippen molar-refractivity contribution in [1.82, 2.24) is 0 Å². The lowest BCUT2D eigenvalue weighted by Crippen LogP contribution is -2.29. The van der Waals surface area contributed by atoms with Crippen molar-refractivity contribution in [3.63, 3.8) is 0 Å². The van der Waals surface area contributed by atoms with Gasteiger partial charge in [0, 0.05) is 11.1 Å². The van der Waals surface area contributed by atoms with Crippen LogP contribution in [-0.2, 0) is 17.4 Å². The summed E-state index contributed by atoms with van der Waals surface area (Å²) < 4.78 is 0.985. The third kappa shape index (κ3) is 2.08. The SMILES string of the molecule is CC(C)(N)c1cc2c(c(I)c1O)CCC2(C)C. The summed E-state index contributed by atoms with van der Waals surface area (Å²) in [5.41, 5.74) is 9.36. The van der Waals surface area contributed by atoms with Crippen LogP contribution in [0.25, 0.3) is 0 Å². The summed E-state index contributed by atoms with van der Waals surface area (Å²) in [5, 5.41) is 10.3. The Bertz CT molecular complexity index is 471. The molecule has 3 heteroatoms. The topological polar surface area (TPSA) is 46.2 Å². The van der Waals surface area contributed by atoms with Crippen molar-refractivity contribution >= 4 is 22.6 Å². The monoisotopic (exact) mass is 345 g/mol. The van der Waals surface area contributed by atoms with Gasteiger partial charge in [-0.25, -0.2) is 0 Å². The quantitative estimate of drug-likeness (QED) is 0.767. The largest absolute Gasteiger partial charge is 0.506 e. The minimum Gasteiger partial charge on any atom is -0.506 e. The lowest BCUT2D eigenvalue weighted by atomic mass is 9.83. The molecule has 17 heavy (non-hydrogen) atoms. The maximum absolute atomic E-state index is 10.3. The number of hydrogen-bond acceptors (Lipinski definition) is 2. The fourth-order valence-electron chi connectivity index (χ4n) is 2.59. The fraction of sp³-hybridized carbons (Fsp3) is 0.571. The summed E-state index contributed by atoms with van der Waals surface area (Å²) in [4.78, 5) is 0. The second kappa shape index (κ2) is 3.85. The van der Waals surface area contributed by atoms with E-state index in [2.05, 4.69) is 42.5 Å². The first-order chi connectivity index (χ1) is 7.64. The Morgan fingerprint density at radius 1 is 1.41 bits per heavy atom. The molecule has 1 aliphatic rings. The highest BCUT2D eigenvalue weighted by Crippen LogP contribution is 2.45. The van der Waals surface area contributed by atoms with Gasteiger partial charge in [0.2, 0.25) is 0 Å². The van der Waals surface area contributed by atoms with Crippen LogP contribution in [0, 0.1) is 3.57 Å². The first kappa shape index (κ1) is 13.1. The van der Waals surface area contributed by atoms with E-state index in [0.717, 1.165) is 22.0 Å². The minimum absolute atomic E-state index is 0.197. The van der Waals surface area contributed by atoms with E-state index in [-0.39, 0.29) is 5.41 Å². The molecular formula is C14H20INO. The summed E-state index contributed by atoms with van der Waals surface area (Å²) in [6.45, 7) is 8.40. The molecule has 0 saturated heterocycles. The Labute approximate surface area is 117 Å². The van der Waals surface area contributed by atoms with Crippen molar-refractivity contribution in [3.8, 4) is 5.75 Å². The summed E-state index contributed by atoms with van der Waals surface area (Å²) in [7, 11) is 0. The molecule has 0 aromatic heterocycles. The second-order valence-corrected chi connectivity index (χ2v) is 7.30. The van der Waals surface area contributed by atoms with Crippen LogP contribution in [0.2, 0.25) is 0 Å².